The Morgan fingerprint density at radius 2 is 2.00 bits per heavy atom. The third-order valence-corrected chi connectivity index (χ3v) is 4.80. The molecule has 2 aromatic carbocycles. The van der Waals surface area contributed by atoms with Gasteiger partial charge in [0.05, 0.1) is 12.6 Å². The Hall–Kier alpha value is -3.29. The Kier molecular flexibility index (Phi) is 4.77. The Labute approximate surface area is 160 Å². The molecule has 0 bridgehead atoms. The predicted molar refractivity (Wildman–Crippen MR) is 99.9 cm³/mol. The van der Waals surface area contributed by atoms with Crippen molar-refractivity contribution < 1.29 is 18.3 Å². The zero-order valence-electron chi connectivity index (χ0n) is 15.2. The molecule has 144 valence electrons. The lowest BCUT2D eigenvalue weighted by molar-refractivity contribution is -0.128. The van der Waals surface area contributed by atoms with Gasteiger partial charge in [0.15, 0.2) is 11.6 Å². The summed E-state index contributed by atoms with van der Waals surface area (Å²) in [5.74, 6) is -0.350. The van der Waals surface area contributed by atoms with Gasteiger partial charge in [-0.2, -0.15) is 0 Å². The van der Waals surface area contributed by atoms with Gasteiger partial charge in [0.2, 0.25) is 5.91 Å². The van der Waals surface area contributed by atoms with E-state index in [0.29, 0.717) is 36.2 Å². The van der Waals surface area contributed by atoms with E-state index in [9.17, 15) is 13.6 Å². The molecule has 6 nitrogen and oxygen atoms in total. The average Bonchev–Trinajstić information content (AvgIpc) is 3.03. The molecule has 2 heterocycles. The Bertz CT molecular complexity index is 1030. The summed E-state index contributed by atoms with van der Waals surface area (Å²) in [6, 6.07) is 8.44. The van der Waals surface area contributed by atoms with Crippen LogP contribution in [0.1, 0.15) is 12.0 Å². The van der Waals surface area contributed by atoms with Crippen molar-refractivity contribution in [3.05, 3.63) is 59.9 Å². The molecule has 1 unspecified atom stereocenters. The minimum Gasteiger partial charge on any atom is -0.494 e. The van der Waals surface area contributed by atoms with Gasteiger partial charge in [0, 0.05) is 24.5 Å². The van der Waals surface area contributed by atoms with Crippen molar-refractivity contribution >= 4 is 22.6 Å². The summed E-state index contributed by atoms with van der Waals surface area (Å²) in [6.45, 7) is 0.996. The van der Waals surface area contributed by atoms with Crippen molar-refractivity contribution in [2.24, 2.45) is 0 Å². The van der Waals surface area contributed by atoms with Crippen molar-refractivity contribution in [3.63, 3.8) is 0 Å². The Morgan fingerprint density at radius 3 is 2.75 bits per heavy atom. The molecule has 0 saturated carbocycles. The second-order valence-corrected chi connectivity index (χ2v) is 6.60. The smallest absolute Gasteiger partial charge is 0.245 e. The van der Waals surface area contributed by atoms with Crippen LogP contribution in [0, 0.1) is 11.6 Å². The van der Waals surface area contributed by atoms with Crippen molar-refractivity contribution in [1.82, 2.24) is 14.9 Å². The minimum absolute atomic E-state index is 0.0647. The van der Waals surface area contributed by atoms with Crippen LogP contribution in [0.5, 0.6) is 5.75 Å². The van der Waals surface area contributed by atoms with Crippen LogP contribution >= 0.6 is 0 Å². The van der Waals surface area contributed by atoms with Gasteiger partial charge in [-0.1, -0.05) is 12.1 Å². The van der Waals surface area contributed by atoms with Crippen molar-refractivity contribution in [2.75, 3.05) is 19.0 Å². The standard InChI is InChI=1S/C20H18F2N4O2/c1-28-18-8-14-17(9-15(18)22)23-11-24-19(14)25-16-6-7-26(20(16)27)10-12-2-4-13(21)5-3-12/h2-5,8-9,11,16H,6-7,10H2,1H3,(H,23,24,25). The SMILES string of the molecule is COc1cc2c(NC3CCN(Cc4ccc(F)cc4)C3=O)ncnc2cc1F. The second-order valence-electron chi connectivity index (χ2n) is 6.60. The van der Waals surface area contributed by atoms with E-state index in [4.69, 9.17) is 4.74 Å². The summed E-state index contributed by atoms with van der Waals surface area (Å²) in [6.07, 6.45) is 1.93. The zero-order valence-corrected chi connectivity index (χ0v) is 15.2. The van der Waals surface area contributed by atoms with E-state index in [2.05, 4.69) is 15.3 Å². The van der Waals surface area contributed by atoms with Gasteiger partial charge in [-0.15, -0.1) is 0 Å². The van der Waals surface area contributed by atoms with Crippen LogP contribution in [-0.4, -0.2) is 40.5 Å². The molecule has 1 fully saturated rings. The number of rotatable bonds is 5. The lowest BCUT2D eigenvalue weighted by Gasteiger charge is -2.18. The number of anilines is 1. The molecule has 1 atom stereocenters. The van der Waals surface area contributed by atoms with Crippen LogP contribution in [0.3, 0.4) is 0 Å². The first-order valence-electron chi connectivity index (χ1n) is 8.83. The van der Waals surface area contributed by atoms with E-state index < -0.39 is 11.9 Å². The van der Waals surface area contributed by atoms with E-state index >= 15 is 0 Å². The molecule has 1 saturated heterocycles. The molecular formula is C20H18F2N4O2. The van der Waals surface area contributed by atoms with Crippen molar-refractivity contribution in [3.8, 4) is 5.75 Å². The van der Waals surface area contributed by atoms with Gasteiger partial charge < -0.3 is 15.0 Å². The van der Waals surface area contributed by atoms with Crippen LogP contribution in [0.4, 0.5) is 14.6 Å². The maximum atomic E-state index is 13.9. The van der Waals surface area contributed by atoms with E-state index in [-0.39, 0.29) is 17.5 Å². The number of likely N-dealkylation sites (tertiary alicyclic amines) is 1. The highest BCUT2D eigenvalue weighted by Gasteiger charge is 2.32. The fourth-order valence-corrected chi connectivity index (χ4v) is 3.33. The number of ether oxygens (including phenoxy) is 1. The quantitative estimate of drug-likeness (QED) is 0.732. The van der Waals surface area contributed by atoms with Gasteiger partial charge >= 0.3 is 0 Å². The van der Waals surface area contributed by atoms with Crippen LogP contribution in [-0.2, 0) is 11.3 Å². The molecule has 0 aliphatic carbocycles. The number of nitrogens with zero attached hydrogens (tertiary/aromatic N) is 3. The van der Waals surface area contributed by atoms with Crippen LogP contribution < -0.4 is 10.1 Å². The number of carbonyl (C=O) groups excluding carboxylic acids is 1. The molecule has 0 radical (unpaired) electrons. The highest BCUT2D eigenvalue weighted by Crippen LogP contribution is 2.28. The maximum absolute atomic E-state index is 13.9. The molecule has 1 aromatic heterocycles. The largest absolute Gasteiger partial charge is 0.494 e. The molecule has 1 aliphatic heterocycles. The number of aromatic nitrogens is 2. The number of nitrogens with one attached hydrogen (secondary N) is 1. The summed E-state index contributed by atoms with van der Waals surface area (Å²) in [4.78, 5) is 22.8. The topological polar surface area (TPSA) is 67.3 Å². The molecular weight excluding hydrogens is 366 g/mol. The number of hydrogen-bond acceptors (Lipinski definition) is 5. The Morgan fingerprint density at radius 1 is 1.21 bits per heavy atom. The molecule has 8 heteroatoms. The number of halogens is 2. The zero-order chi connectivity index (χ0) is 19.7. The summed E-state index contributed by atoms with van der Waals surface area (Å²) in [5.41, 5.74) is 1.28. The number of benzene rings is 2. The van der Waals surface area contributed by atoms with Gasteiger partial charge in [0.25, 0.3) is 0 Å². The van der Waals surface area contributed by atoms with Crippen LogP contribution in [0.25, 0.3) is 10.9 Å². The number of carbonyl (C=O) groups is 1. The average molecular weight is 384 g/mol. The number of amides is 1. The van der Waals surface area contributed by atoms with E-state index in [1.165, 1.54) is 37.7 Å². The molecule has 1 aliphatic rings. The van der Waals surface area contributed by atoms with E-state index in [1.807, 2.05) is 0 Å². The number of methoxy groups -OCH3 is 1. The van der Waals surface area contributed by atoms with Gasteiger partial charge in [-0.3, -0.25) is 4.79 Å². The van der Waals surface area contributed by atoms with Crippen molar-refractivity contribution in [1.29, 1.82) is 0 Å². The van der Waals surface area contributed by atoms with Gasteiger partial charge in [-0.05, 0) is 30.2 Å². The monoisotopic (exact) mass is 384 g/mol. The van der Waals surface area contributed by atoms with Crippen molar-refractivity contribution in [2.45, 2.75) is 19.0 Å². The molecule has 3 aromatic rings. The fourth-order valence-electron chi connectivity index (χ4n) is 3.33. The third-order valence-electron chi connectivity index (χ3n) is 4.80. The predicted octanol–water partition coefficient (Wildman–Crippen LogP) is 3.13. The summed E-state index contributed by atoms with van der Waals surface area (Å²) in [7, 11) is 1.38. The molecule has 1 amide bonds. The Balaban J connectivity index is 1.53. The van der Waals surface area contributed by atoms with E-state index in [1.54, 1.807) is 17.0 Å². The highest BCUT2D eigenvalue weighted by atomic mass is 19.1. The summed E-state index contributed by atoms with van der Waals surface area (Å²) in [5, 5.41) is 3.72. The van der Waals surface area contributed by atoms with Gasteiger partial charge in [-0.25, -0.2) is 18.7 Å². The van der Waals surface area contributed by atoms with E-state index in [0.717, 1.165) is 5.56 Å². The highest BCUT2D eigenvalue weighted by molar-refractivity contribution is 5.93. The van der Waals surface area contributed by atoms with Crippen LogP contribution in [0.2, 0.25) is 0 Å². The number of fused-ring (bicyclic) bond motifs is 1. The molecule has 1 N–H and O–H groups in total. The second kappa shape index (κ2) is 7.38. The maximum Gasteiger partial charge on any atom is 0.245 e. The van der Waals surface area contributed by atoms with Crippen LogP contribution in [0.15, 0.2) is 42.7 Å². The molecule has 28 heavy (non-hydrogen) atoms. The minimum atomic E-state index is -0.512. The number of hydrogen-bond donors (Lipinski definition) is 1. The normalized spacial score (nSPS) is 16.6. The lowest BCUT2D eigenvalue weighted by Crippen LogP contribution is -2.33. The summed E-state index contributed by atoms with van der Waals surface area (Å²) >= 11 is 0. The fraction of sp³-hybridized carbons (Fsp3) is 0.250. The summed E-state index contributed by atoms with van der Waals surface area (Å²) < 4.78 is 32.0. The third kappa shape index (κ3) is 3.45. The van der Waals surface area contributed by atoms with Gasteiger partial charge in [0.1, 0.15) is 24.0 Å². The first kappa shape index (κ1) is 18.1. The molecule has 4 rings (SSSR count). The first-order valence-corrected chi connectivity index (χ1v) is 8.83. The molecule has 0 spiro atoms. The lowest BCUT2D eigenvalue weighted by atomic mass is 10.2. The first-order chi connectivity index (χ1) is 13.5.